The van der Waals surface area contributed by atoms with Crippen LogP contribution in [0.15, 0.2) is 54.6 Å². The molecule has 2 aromatic carbocycles. The quantitative estimate of drug-likeness (QED) is 0.422. The normalized spacial score (nSPS) is 12.0. The predicted molar refractivity (Wildman–Crippen MR) is 106 cm³/mol. The third kappa shape index (κ3) is 5.43. The third-order valence-electron chi connectivity index (χ3n) is 4.50. The minimum Gasteiger partial charge on any atom is -0.405 e. The number of amides is 1. The lowest BCUT2D eigenvalue weighted by Gasteiger charge is -2.13. The summed E-state index contributed by atoms with van der Waals surface area (Å²) in [6.45, 7) is 2.16. The number of halogens is 6. The van der Waals surface area contributed by atoms with Crippen molar-refractivity contribution >= 4 is 5.91 Å². The van der Waals surface area contributed by atoms with Gasteiger partial charge in [-0.15, -0.1) is 13.2 Å². The van der Waals surface area contributed by atoms with Gasteiger partial charge in [0.25, 0.3) is 5.91 Å². The van der Waals surface area contributed by atoms with Crippen LogP contribution in [-0.4, -0.2) is 23.8 Å². The van der Waals surface area contributed by atoms with E-state index < -0.39 is 29.8 Å². The Labute approximate surface area is 179 Å². The maximum absolute atomic E-state index is 12.9. The zero-order valence-corrected chi connectivity index (χ0v) is 16.7. The number of aromatic nitrogens is 1. The molecule has 1 heterocycles. The summed E-state index contributed by atoms with van der Waals surface area (Å²) >= 11 is 0. The maximum atomic E-state index is 12.9. The number of hydrogen-bond donors (Lipinski definition) is 2. The highest BCUT2D eigenvalue weighted by Crippen LogP contribution is 2.37. The first-order valence-corrected chi connectivity index (χ1v) is 9.53. The zero-order valence-electron chi connectivity index (χ0n) is 16.7. The Hall–Kier alpha value is -3.43. The van der Waals surface area contributed by atoms with E-state index in [1.54, 1.807) is 0 Å². The average molecular weight is 456 g/mol. The standard InChI is InChI=1S/C22H18F6N2O2/c1-2-11-29-20(31)16-12-17(13-7-9-14(10-8-13)21(23,24)25)30-19(16)15-5-3-4-6-18(15)32-22(26,27)28/h3-10,12,30H,2,11H2,1H3,(H,29,31). The fourth-order valence-corrected chi connectivity index (χ4v) is 3.06. The maximum Gasteiger partial charge on any atom is 0.573 e. The zero-order chi connectivity index (χ0) is 23.5. The smallest absolute Gasteiger partial charge is 0.405 e. The lowest BCUT2D eigenvalue weighted by molar-refractivity contribution is -0.274. The molecule has 0 radical (unpaired) electrons. The summed E-state index contributed by atoms with van der Waals surface area (Å²) in [5.41, 5.74) is -0.206. The highest BCUT2D eigenvalue weighted by atomic mass is 19.4. The molecule has 0 saturated heterocycles. The number of aromatic amines is 1. The first-order chi connectivity index (χ1) is 15.0. The van der Waals surface area contributed by atoms with E-state index in [2.05, 4.69) is 15.0 Å². The summed E-state index contributed by atoms with van der Waals surface area (Å²) in [7, 11) is 0. The molecule has 10 heteroatoms. The first-order valence-electron chi connectivity index (χ1n) is 9.53. The molecule has 0 unspecified atom stereocenters. The van der Waals surface area contributed by atoms with Crippen molar-refractivity contribution in [2.45, 2.75) is 25.9 Å². The number of hydrogen-bond acceptors (Lipinski definition) is 2. The molecule has 32 heavy (non-hydrogen) atoms. The van der Waals surface area contributed by atoms with Crippen LogP contribution in [0.2, 0.25) is 0 Å². The molecule has 0 aliphatic carbocycles. The second-order valence-electron chi connectivity index (χ2n) is 6.85. The monoisotopic (exact) mass is 456 g/mol. The van der Waals surface area contributed by atoms with Gasteiger partial charge in [0.05, 0.1) is 16.8 Å². The predicted octanol–water partition coefficient (Wildman–Crippen LogP) is 6.41. The number of H-pyrrole nitrogens is 1. The van der Waals surface area contributed by atoms with Crippen molar-refractivity contribution in [3.05, 3.63) is 65.7 Å². The van der Waals surface area contributed by atoms with Crippen LogP contribution < -0.4 is 10.1 Å². The van der Waals surface area contributed by atoms with Crippen molar-refractivity contribution in [1.29, 1.82) is 0 Å². The van der Waals surface area contributed by atoms with Crippen molar-refractivity contribution in [3.8, 4) is 28.3 Å². The fourth-order valence-electron chi connectivity index (χ4n) is 3.06. The molecule has 0 bridgehead atoms. The Morgan fingerprint density at radius 3 is 2.25 bits per heavy atom. The van der Waals surface area contributed by atoms with E-state index in [1.807, 2.05) is 6.92 Å². The number of rotatable bonds is 6. The van der Waals surface area contributed by atoms with Gasteiger partial charge in [-0.05, 0) is 42.3 Å². The largest absolute Gasteiger partial charge is 0.573 e. The van der Waals surface area contributed by atoms with Crippen molar-refractivity contribution in [3.63, 3.8) is 0 Å². The molecule has 0 saturated carbocycles. The van der Waals surface area contributed by atoms with E-state index in [0.717, 1.165) is 18.2 Å². The molecule has 3 aromatic rings. The van der Waals surface area contributed by atoms with Crippen LogP contribution in [0.1, 0.15) is 29.3 Å². The average Bonchev–Trinajstić information content (AvgIpc) is 3.16. The summed E-state index contributed by atoms with van der Waals surface area (Å²) in [6.07, 6.45) is -8.84. The van der Waals surface area contributed by atoms with Gasteiger partial charge in [0, 0.05) is 17.8 Å². The Bertz CT molecular complexity index is 1090. The molecule has 170 valence electrons. The summed E-state index contributed by atoms with van der Waals surface area (Å²) < 4.78 is 81.2. The number of carbonyl (C=O) groups is 1. The molecular formula is C22H18F6N2O2. The van der Waals surface area contributed by atoms with Gasteiger partial charge in [-0.3, -0.25) is 4.79 Å². The van der Waals surface area contributed by atoms with Gasteiger partial charge in [-0.25, -0.2) is 0 Å². The summed E-state index contributed by atoms with van der Waals surface area (Å²) in [5, 5.41) is 2.65. The molecule has 0 aliphatic heterocycles. The van der Waals surface area contributed by atoms with E-state index in [1.165, 1.54) is 36.4 Å². The molecule has 0 spiro atoms. The molecule has 1 amide bonds. The van der Waals surface area contributed by atoms with Crippen LogP contribution in [-0.2, 0) is 6.18 Å². The third-order valence-corrected chi connectivity index (χ3v) is 4.50. The lowest BCUT2D eigenvalue weighted by Crippen LogP contribution is -2.24. The Balaban J connectivity index is 2.10. The van der Waals surface area contributed by atoms with Gasteiger partial charge in [-0.1, -0.05) is 31.2 Å². The van der Waals surface area contributed by atoms with Crippen LogP contribution in [0.5, 0.6) is 5.75 Å². The molecule has 1 aromatic heterocycles. The molecule has 2 N–H and O–H groups in total. The molecule has 3 rings (SSSR count). The van der Waals surface area contributed by atoms with E-state index in [-0.39, 0.29) is 22.5 Å². The van der Waals surface area contributed by atoms with Gasteiger partial charge in [0.2, 0.25) is 0 Å². The lowest BCUT2D eigenvalue weighted by atomic mass is 10.1. The number of carbonyl (C=O) groups excluding carboxylic acids is 1. The second-order valence-corrected chi connectivity index (χ2v) is 6.85. The highest BCUT2D eigenvalue weighted by molar-refractivity contribution is 6.02. The highest BCUT2D eigenvalue weighted by Gasteiger charge is 2.33. The van der Waals surface area contributed by atoms with E-state index in [4.69, 9.17) is 0 Å². The molecular weight excluding hydrogens is 438 g/mol. The molecule has 0 atom stereocenters. The number of alkyl halides is 6. The Morgan fingerprint density at radius 1 is 1.00 bits per heavy atom. The summed E-state index contributed by atoms with van der Waals surface area (Å²) in [6, 6.07) is 10.9. The number of para-hydroxylation sites is 1. The van der Waals surface area contributed by atoms with Crippen molar-refractivity contribution < 1.29 is 35.9 Å². The van der Waals surface area contributed by atoms with E-state index >= 15 is 0 Å². The van der Waals surface area contributed by atoms with Crippen LogP contribution in [0.25, 0.3) is 22.5 Å². The number of ether oxygens (including phenoxy) is 1. The molecule has 0 aliphatic rings. The SMILES string of the molecule is CCCNC(=O)c1cc(-c2ccc(C(F)(F)F)cc2)[nH]c1-c1ccccc1OC(F)(F)F. The van der Waals surface area contributed by atoms with Crippen LogP contribution >= 0.6 is 0 Å². The number of benzene rings is 2. The van der Waals surface area contributed by atoms with Crippen LogP contribution in [0.3, 0.4) is 0 Å². The minimum atomic E-state index is -4.95. The van der Waals surface area contributed by atoms with Crippen LogP contribution in [0.4, 0.5) is 26.3 Å². The summed E-state index contributed by atoms with van der Waals surface area (Å²) in [4.78, 5) is 15.5. The van der Waals surface area contributed by atoms with Gasteiger partial charge >= 0.3 is 12.5 Å². The fraction of sp³-hybridized carbons (Fsp3) is 0.227. The second kappa shape index (κ2) is 8.97. The number of nitrogens with one attached hydrogen (secondary N) is 2. The van der Waals surface area contributed by atoms with Crippen molar-refractivity contribution in [1.82, 2.24) is 10.3 Å². The van der Waals surface area contributed by atoms with Crippen molar-refractivity contribution in [2.75, 3.05) is 6.54 Å². The van der Waals surface area contributed by atoms with Gasteiger partial charge < -0.3 is 15.0 Å². The molecule has 0 fully saturated rings. The molecule has 4 nitrogen and oxygen atoms in total. The van der Waals surface area contributed by atoms with E-state index in [9.17, 15) is 31.1 Å². The Morgan fingerprint density at radius 2 is 1.66 bits per heavy atom. The van der Waals surface area contributed by atoms with Gasteiger partial charge in [0.1, 0.15) is 5.75 Å². The van der Waals surface area contributed by atoms with Crippen LogP contribution in [0, 0.1) is 0 Å². The van der Waals surface area contributed by atoms with Gasteiger partial charge in [0.15, 0.2) is 0 Å². The first kappa shape index (κ1) is 23.2. The Kier molecular flexibility index (Phi) is 6.52. The topological polar surface area (TPSA) is 54.1 Å². The van der Waals surface area contributed by atoms with E-state index in [0.29, 0.717) is 18.5 Å². The summed E-state index contributed by atoms with van der Waals surface area (Å²) in [5.74, 6) is -1.07. The van der Waals surface area contributed by atoms with Gasteiger partial charge in [-0.2, -0.15) is 13.2 Å². The minimum absolute atomic E-state index is 0.0235. The van der Waals surface area contributed by atoms with Crippen molar-refractivity contribution in [2.24, 2.45) is 0 Å².